The monoisotopic (exact) mass is 324 g/mol. The fourth-order valence-electron chi connectivity index (χ4n) is 1.39. The van der Waals surface area contributed by atoms with Gasteiger partial charge in [-0.3, -0.25) is 14.9 Å². The van der Waals surface area contributed by atoms with Gasteiger partial charge in [0.25, 0.3) is 0 Å². The summed E-state index contributed by atoms with van der Waals surface area (Å²) in [6.07, 6.45) is -0.367. The number of hydrogen-bond acceptors (Lipinski definition) is 5. The third kappa shape index (κ3) is 4.43. The maximum absolute atomic E-state index is 13.5. The maximum atomic E-state index is 13.5. The number of nitro benzene ring substituents is 1. The Morgan fingerprint density at radius 3 is 2.48 bits per heavy atom. The van der Waals surface area contributed by atoms with Gasteiger partial charge in [-0.2, -0.15) is 4.39 Å². The van der Waals surface area contributed by atoms with Crippen molar-refractivity contribution in [2.45, 2.75) is 17.7 Å². The van der Waals surface area contributed by atoms with E-state index in [0.717, 1.165) is 0 Å². The molecule has 8 nitrogen and oxygen atoms in total. The smallest absolute Gasteiger partial charge is 0.306 e. The van der Waals surface area contributed by atoms with Crippen molar-refractivity contribution < 1.29 is 32.0 Å². The Balaban J connectivity index is 3.00. The molecular weight excluding hydrogens is 314 g/mol. The fraction of sp³-hybridized carbons (Fsp3) is 0.300. The number of nitro groups is 1. The van der Waals surface area contributed by atoms with Gasteiger partial charge < -0.3 is 5.11 Å². The molecule has 2 N–H and O–H groups in total. The fourth-order valence-corrected chi connectivity index (χ4v) is 2.54. The molecule has 1 aromatic rings. The minimum Gasteiger partial charge on any atom is -0.481 e. The average Bonchev–Trinajstić information content (AvgIpc) is 2.33. The second-order valence-corrected chi connectivity index (χ2v) is 5.62. The van der Waals surface area contributed by atoms with Gasteiger partial charge in [0.2, 0.25) is 15.8 Å². The minimum atomic E-state index is -4.45. The van der Waals surface area contributed by atoms with E-state index in [1.165, 1.54) is 0 Å². The average molecular weight is 324 g/mol. The van der Waals surface area contributed by atoms with E-state index in [0.29, 0.717) is 0 Å². The number of sulfonamides is 1. The molecule has 0 saturated heterocycles. The molecule has 0 atom stereocenters. The van der Waals surface area contributed by atoms with E-state index in [4.69, 9.17) is 5.11 Å². The highest BCUT2D eigenvalue weighted by Gasteiger charge is 2.26. The zero-order chi connectivity index (χ0) is 16.2. The third-order valence-electron chi connectivity index (χ3n) is 2.35. The van der Waals surface area contributed by atoms with Crippen molar-refractivity contribution in [2.24, 2.45) is 0 Å². The van der Waals surface area contributed by atoms with Crippen LogP contribution in [0, 0.1) is 21.7 Å². The number of carbonyl (C=O) groups is 1. The molecule has 0 unspecified atom stereocenters. The number of carboxylic acid groups (broad SMARTS) is 1. The van der Waals surface area contributed by atoms with Gasteiger partial charge in [0.1, 0.15) is 10.7 Å². The number of nitrogens with zero attached hydrogens (tertiary/aromatic N) is 1. The maximum Gasteiger partial charge on any atom is 0.306 e. The quantitative estimate of drug-likeness (QED) is 0.438. The number of aliphatic carboxylic acids is 1. The van der Waals surface area contributed by atoms with Gasteiger partial charge in [-0.25, -0.2) is 17.5 Å². The molecule has 0 aromatic heterocycles. The van der Waals surface area contributed by atoms with E-state index >= 15 is 0 Å². The number of carboxylic acids is 1. The van der Waals surface area contributed by atoms with E-state index < -0.39 is 43.1 Å². The first-order chi connectivity index (χ1) is 9.65. The first-order valence-electron chi connectivity index (χ1n) is 5.50. The van der Waals surface area contributed by atoms with Crippen molar-refractivity contribution in [3.63, 3.8) is 0 Å². The van der Waals surface area contributed by atoms with Crippen molar-refractivity contribution in [1.29, 1.82) is 0 Å². The molecule has 116 valence electrons. The van der Waals surface area contributed by atoms with Crippen molar-refractivity contribution in [2.75, 3.05) is 6.54 Å². The second kappa shape index (κ2) is 6.54. The zero-order valence-electron chi connectivity index (χ0n) is 10.4. The van der Waals surface area contributed by atoms with Crippen LogP contribution >= 0.6 is 0 Å². The van der Waals surface area contributed by atoms with Gasteiger partial charge in [0.15, 0.2) is 0 Å². The normalized spacial score (nSPS) is 11.3. The van der Waals surface area contributed by atoms with E-state index in [1.54, 1.807) is 0 Å². The number of hydrogen-bond donors (Lipinski definition) is 2. The van der Waals surface area contributed by atoms with E-state index in [9.17, 15) is 32.1 Å². The van der Waals surface area contributed by atoms with Crippen LogP contribution in [0.1, 0.15) is 12.8 Å². The van der Waals surface area contributed by atoms with Crippen LogP contribution < -0.4 is 4.72 Å². The van der Waals surface area contributed by atoms with Crippen LogP contribution in [-0.4, -0.2) is 31.0 Å². The van der Waals surface area contributed by atoms with Crippen molar-refractivity contribution >= 4 is 21.7 Å². The molecule has 0 saturated carbocycles. The van der Waals surface area contributed by atoms with Crippen LogP contribution in [-0.2, 0) is 14.8 Å². The van der Waals surface area contributed by atoms with Crippen LogP contribution in [0.2, 0.25) is 0 Å². The van der Waals surface area contributed by atoms with Gasteiger partial charge in [-0.15, -0.1) is 0 Å². The zero-order valence-corrected chi connectivity index (χ0v) is 11.2. The topological polar surface area (TPSA) is 127 Å². The molecule has 0 aliphatic carbocycles. The van der Waals surface area contributed by atoms with Gasteiger partial charge in [0.05, 0.1) is 4.92 Å². The molecule has 1 rings (SSSR count). The van der Waals surface area contributed by atoms with Gasteiger partial charge in [-0.05, 0) is 6.42 Å². The number of nitrogens with one attached hydrogen (secondary N) is 1. The van der Waals surface area contributed by atoms with Gasteiger partial charge >= 0.3 is 11.7 Å². The lowest BCUT2D eigenvalue weighted by atomic mass is 10.3. The SMILES string of the molecule is O=C(O)CCCNS(=O)(=O)c1cc([N+](=O)[O-])c(F)cc1F. The number of rotatable bonds is 7. The highest BCUT2D eigenvalue weighted by molar-refractivity contribution is 7.89. The molecule has 0 fully saturated rings. The predicted octanol–water partition coefficient (Wildman–Crippen LogP) is 1.02. The molecule has 1 aromatic carbocycles. The molecular formula is C10H10F2N2O6S. The van der Waals surface area contributed by atoms with E-state index in [-0.39, 0.29) is 31.5 Å². The molecule has 0 amide bonds. The molecule has 0 aliphatic heterocycles. The lowest BCUT2D eigenvalue weighted by Gasteiger charge is -2.07. The van der Waals surface area contributed by atoms with Crippen LogP contribution in [0.4, 0.5) is 14.5 Å². The van der Waals surface area contributed by atoms with Crippen LogP contribution in [0.15, 0.2) is 17.0 Å². The van der Waals surface area contributed by atoms with E-state index in [1.807, 2.05) is 4.72 Å². The number of halogens is 2. The summed E-state index contributed by atoms with van der Waals surface area (Å²) in [6.45, 7) is -0.306. The summed E-state index contributed by atoms with van der Waals surface area (Å²) >= 11 is 0. The minimum absolute atomic E-state index is 0.0561. The lowest BCUT2D eigenvalue weighted by molar-refractivity contribution is -0.387. The Hall–Kier alpha value is -2.14. The Labute approximate surface area is 117 Å². The summed E-state index contributed by atoms with van der Waals surface area (Å²) in [5.41, 5.74) is -1.18. The van der Waals surface area contributed by atoms with Crippen molar-refractivity contribution in [3.8, 4) is 0 Å². The number of benzene rings is 1. The Kier molecular flexibility index (Phi) is 5.27. The Morgan fingerprint density at radius 2 is 1.95 bits per heavy atom. The summed E-state index contributed by atoms with van der Waals surface area (Å²) in [4.78, 5) is 18.5. The van der Waals surface area contributed by atoms with Crippen molar-refractivity contribution in [1.82, 2.24) is 4.72 Å². The third-order valence-corrected chi connectivity index (χ3v) is 3.82. The second-order valence-electron chi connectivity index (χ2n) is 3.89. The summed E-state index contributed by atoms with van der Waals surface area (Å²) < 4.78 is 51.9. The van der Waals surface area contributed by atoms with Gasteiger partial charge in [-0.1, -0.05) is 0 Å². The molecule has 0 aliphatic rings. The molecule has 0 radical (unpaired) electrons. The predicted molar refractivity (Wildman–Crippen MR) is 65.1 cm³/mol. The standard InChI is InChI=1S/C10H10F2N2O6S/c11-6-4-7(12)9(5-8(6)14(17)18)21(19,20)13-3-1-2-10(15)16/h4-5,13H,1-3H2,(H,15,16). The molecule has 0 spiro atoms. The van der Waals surface area contributed by atoms with Crippen LogP contribution in [0.5, 0.6) is 0 Å². The molecule has 11 heteroatoms. The highest BCUT2D eigenvalue weighted by Crippen LogP contribution is 2.24. The van der Waals surface area contributed by atoms with Crippen LogP contribution in [0.25, 0.3) is 0 Å². The molecule has 21 heavy (non-hydrogen) atoms. The lowest BCUT2D eigenvalue weighted by Crippen LogP contribution is -2.26. The Morgan fingerprint density at radius 1 is 1.33 bits per heavy atom. The van der Waals surface area contributed by atoms with Gasteiger partial charge in [0, 0.05) is 25.1 Å². The first kappa shape index (κ1) is 16.9. The largest absolute Gasteiger partial charge is 0.481 e. The summed E-state index contributed by atoms with van der Waals surface area (Å²) in [6, 6.07) is 0.369. The first-order valence-corrected chi connectivity index (χ1v) is 6.98. The summed E-state index contributed by atoms with van der Waals surface area (Å²) in [7, 11) is -4.45. The Bertz CT molecular complexity index is 676. The van der Waals surface area contributed by atoms with E-state index in [2.05, 4.69) is 0 Å². The van der Waals surface area contributed by atoms with Crippen molar-refractivity contribution in [3.05, 3.63) is 33.9 Å². The summed E-state index contributed by atoms with van der Waals surface area (Å²) in [5.74, 6) is -4.12. The summed E-state index contributed by atoms with van der Waals surface area (Å²) in [5, 5.41) is 18.9. The van der Waals surface area contributed by atoms with Crippen LogP contribution in [0.3, 0.4) is 0 Å². The molecule has 0 heterocycles. The highest BCUT2D eigenvalue weighted by atomic mass is 32.2. The molecule has 0 bridgehead atoms.